The van der Waals surface area contributed by atoms with E-state index in [-0.39, 0.29) is 12.1 Å². The van der Waals surface area contributed by atoms with Gasteiger partial charge in [0, 0.05) is 38.0 Å². The topological polar surface area (TPSA) is 53.9 Å². The minimum Gasteiger partial charge on any atom is -0.490 e. The van der Waals surface area contributed by atoms with Gasteiger partial charge in [0.2, 0.25) is 5.95 Å². The summed E-state index contributed by atoms with van der Waals surface area (Å²) in [6, 6.07) is 7.07. The van der Waals surface area contributed by atoms with Crippen LogP contribution in [-0.2, 0) is 6.18 Å². The maximum Gasteiger partial charge on any atom is 0.433 e. The second-order valence-corrected chi connectivity index (χ2v) is 8.39. The first-order chi connectivity index (χ1) is 15.9. The lowest BCUT2D eigenvalue weighted by atomic mass is 9.98. The molecule has 2 aliphatic rings. The summed E-state index contributed by atoms with van der Waals surface area (Å²) in [6.45, 7) is 4.06. The van der Waals surface area contributed by atoms with Crippen molar-refractivity contribution in [3.05, 3.63) is 42.2 Å². The van der Waals surface area contributed by atoms with Crippen LogP contribution in [0.25, 0.3) is 0 Å². The van der Waals surface area contributed by atoms with Crippen LogP contribution in [0.1, 0.15) is 32.4 Å². The summed E-state index contributed by atoms with van der Waals surface area (Å²) < 4.78 is 84.1. The third kappa shape index (κ3) is 5.05. The van der Waals surface area contributed by atoms with Gasteiger partial charge in [-0.25, -0.2) is 9.97 Å². The van der Waals surface area contributed by atoms with Crippen molar-refractivity contribution >= 4 is 17.3 Å². The number of alkyl halides is 6. The Morgan fingerprint density at radius 1 is 0.912 bits per heavy atom. The quantitative estimate of drug-likeness (QED) is 0.548. The summed E-state index contributed by atoms with van der Waals surface area (Å²) in [5.41, 5.74) is -1.25. The number of halogens is 6. The molecule has 1 saturated heterocycles. The van der Waals surface area contributed by atoms with Gasteiger partial charge in [-0.3, -0.25) is 5.01 Å². The molecular weight excluding hydrogens is 464 g/mol. The van der Waals surface area contributed by atoms with Crippen molar-refractivity contribution in [2.24, 2.45) is 11.0 Å². The van der Waals surface area contributed by atoms with Crippen LogP contribution in [0.5, 0.6) is 5.75 Å². The standard InChI is InChI=1S/C22H23F6N5O/c1-13-14(2)33(31-19(13)22(26,27)28)15-3-5-16(6-4-15)34-17-8-11-32(12-9-17)20-29-10-7-18(30-20)21(23,24)25/h3-7,10,13-14,17H,8-9,11-12H2,1-2H3. The van der Waals surface area contributed by atoms with Crippen LogP contribution < -0.4 is 14.6 Å². The Morgan fingerprint density at radius 2 is 1.56 bits per heavy atom. The van der Waals surface area contributed by atoms with Gasteiger partial charge in [-0.15, -0.1) is 0 Å². The van der Waals surface area contributed by atoms with Crippen molar-refractivity contribution in [3.8, 4) is 5.75 Å². The highest BCUT2D eigenvalue weighted by molar-refractivity contribution is 5.95. The number of rotatable bonds is 4. The molecule has 0 amide bonds. The van der Waals surface area contributed by atoms with Crippen LogP contribution in [0.15, 0.2) is 41.6 Å². The Kier molecular flexibility index (Phi) is 6.34. The van der Waals surface area contributed by atoms with E-state index in [4.69, 9.17) is 4.74 Å². The lowest BCUT2D eigenvalue weighted by molar-refractivity contribution is -0.141. The maximum atomic E-state index is 13.2. The van der Waals surface area contributed by atoms with E-state index in [2.05, 4.69) is 15.1 Å². The van der Waals surface area contributed by atoms with E-state index < -0.39 is 35.7 Å². The Bertz CT molecular complexity index is 1030. The number of anilines is 2. The SMILES string of the molecule is CC1C(C(F)(F)F)=NN(c2ccc(OC3CCN(c4nccc(C(F)(F)F)n4)CC3)cc2)C1C. The molecule has 0 spiro atoms. The lowest BCUT2D eigenvalue weighted by Crippen LogP contribution is -2.39. The first-order valence-corrected chi connectivity index (χ1v) is 10.8. The number of hydrogen-bond donors (Lipinski definition) is 0. The Hall–Kier alpha value is -3.05. The van der Waals surface area contributed by atoms with Crippen molar-refractivity contribution in [1.82, 2.24) is 9.97 Å². The summed E-state index contributed by atoms with van der Waals surface area (Å²) in [6.07, 6.45) is -6.95. The van der Waals surface area contributed by atoms with Gasteiger partial charge in [0.05, 0.1) is 11.7 Å². The van der Waals surface area contributed by atoms with Gasteiger partial charge in [-0.1, -0.05) is 6.92 Å². The molecule has 12 heteroatoms. The molecule has 184 valence electrons. The molecule has 0 radical (unpaired) electrons. The van der Waals surface area contributed by atoms with Crippen molar-refractivity contribution in [1.29, 1.82) is 0 Å². The number of aromatic nitrogens is 2. The van der Waals surface area contributed by atoms with Gasteiger partial charge >= 0.3 is 12.4 Å². The molecule has 6 nitrogen and oxygen atoms in total. The zero-order valence-electron chi connectivity index (χ0n) is 18.4. The minimum absolute atomic E-state index is 0.0328. The number of benzene rings is 1. The third-order valence-electron chi connectivity index (χ3n) is 6.11. The van der Waals surface area contributed by atoms with E-state index in [0.717, 1.165) is 12.3 Å². The fourth-order valence-electron chi connectivity index (χ4n) is 4.05. The Morgan fingerprint density at radius 3 is 2.12 bits per heavy atom. The molecule has 1 fully saturated rings. The molecule has 2 aromatic rings. The molecule has 2 unspecified atom stereocenters. The second-order valence-electron chi connectivity index (χ2n) is 8.39. The zero-order chi connectivity index (χ0) is 24.7. The van der Waals surface area contributed by atoms with E-state index in [1.54, 1.807) is 36.1 Å². The van der Waals surface area contributed by atoms with E-state index in [1.165, 1.54) is 11.9 Å². The van der Waals surface area contributed by atoms with E-state index in [0.29, 0.717) is 37.4 Å². The first-order valence-electron chi connectivity index (χ1n) is 10.8. The largest absolute Gasteiger partial charge is 0.490 e. The molecule has 0 N–H and O–H groups in total. The van der Waals surface area contributed by atoms with Crippen LogP contribution in [0.3, 0.4) is 0 Å². The highest BCUT2D eigenvalue weighted by Gasteiger charge is 2.46. The molecule has 1 aromatic carbocycles. The molecular formula is C22H23F6N5O. The van der Waals surface area contributed by atoms with E-state index in [1.807, 2.05) is 0 Å². The first kappa shape index (κ1) is 24.1. The summed E-state index contributed by atoms with van der Waals surface area (Å²) in [5.74, 6) is -0.162. The zero-order valence-corrected chi connectivity index (χ0v) is 18.4. The minimum atomic E-state index is -4.53. The average Bonchev–Trinajstić information content (AvgIpc) is 3.09. The van der Waals surface area contributed by atoms with Crippen LogP contribution in [0.2, 0.25) is 0 Å². The van der Waals surface area contributed by atoms with Crippen LogP contribution in [0.4, 0.5) is 38.0 Å². The fraction of sp³-hybridized carbons (Fsp3) is 0.500. The van der Waals surface area contributed by atoms with Crippen LogP contribution in [-0.4, -0.2) is 47.1 Å². The van der Waals surface area contributed by atoms with E-state index in [9.17, 15) is 26.3 Å². The van der Waals surface area contributed by atoms with Crippen molar-refractivity contribution in [2.45, 2.75) is 51.2 Å². The summed E-state index contributed by atoms with van der Waals surface area (Å²) in [4.78, 5) is 9.26. The third-order valence-corrected chi connectivity index (χ3v) is 6.11. The summed E-state index contributed by atoms with van der Waals surface area (Å²) >= 11 is 0. The van der Waals surface area contributed by atoms with Gasteiger partial charge in [0.15, 0.2) is 0 Å². The summed E-state index contributed by atoms with van der Waals surface area (Å²) in [7, 11) is 0. The molecule has 0 aliphatic carbocycles. The number of ether oxygens (including phenoxy) is 1. The number of hydrazone groups is 1. The Labute approximate surface area is 192 Å². The monoisotopic (exact) mass is 487 g/mol. The number of hydrogen-bond acceptors (Lipinski definition) is 6. The van der Waals surface area contributed by atoms with Crippen molar-refractivity contribution < 1.29 is 31.1 Å². The second kappa shape index (κ2) is 8.95. The molecule has 1 aromatic heterocycles. The molecule has 4 rings (SSSR count). The van der Waals surface area contributed by atoms with Crippen molar-refractivity contribution in [2.75, 3.05) is 23.0 Å². The Balaban J connectivity index is 1.35. The molecule has 2 aliphatic heterocycles. The average molecular weight is 487 g/mol. The van der Waals surface area contributed by atoms with Crippen LogP contribution >= 0.6 is 0 Å². The number of piperidine rings is 1. The van der Waals surface area contributed by atoms with Gasteiger partial charge in [-0.2, -0.15) is 31.4 Å². The maximum absolute atomic E-state index is 13.2. The van der Waals surface area contributed by atoms with Gasteiger partial charge in [0.25, 0.3) is 0 Å². The lowest BCUT2D eigenvalue weighted by Gasteiger charge is -2.32. The van der Waals surface area contributed by atoms with Crippen LogP contribution in [0, 0.1) is 5.92 Å². The predicted molar refractivity (Wildman–Crippen MR) is 114 cm³/mol. The van der Waals surface area contributed by atoms with Crippen molar-refractivity contribution in [3.63, 3.8) is 0 Å². The normalized spacial score (nSPS) is 22.2. The predicted octanol–water partition coefficient (Wildman–Crippen LogP) is 5.31. The smallest absolute Gasteiger partial charge is 0.433 e. The van der Waals surface area contributed by atoms with Gasteiger partial charge in [0.1, 0.15) is 23.3 Å². The highest BCUT2D eigenvalue weighted by atomic mass is 19.4. The fourth-order valence-corrected chi connectivity index (χ4v) is 4.05. The molecule has 0 bridgehead atoms. The van der Waals surface area contributed by atoms with E-state index >= 15 is 0 Å². The molecule has 34 heavy (non-hydrogen) atoms. The number of nitrogens with zero attached hydrogens (tertiary/aromatic N) is 5. The highest BCUT2D eigenvalue weighted by Crippen LogP contribution is 2.35. The molecule has 2 atom stereocenters. The molecule has 0 saturated carbocycles. The van der Waals surface area contributed by atoms with Gasteiger partial charge < -0.3 is 9.64 Å². The molecule has 3 heterocycles. The van der Waals surface area contributed by atoms with Gasteiger partial charge in [-0.05, 0) is 37.3 Å². The summed E-state index contributed by atoms with van der Waals surface area (Å²) in [5, 5.41) is 5.16.